The molecule has 3 rings (SSSR count). The van der Waals surface area contributed by atoms with E-state index in [0.29, 0.717) is 11.7 Å². The third-order valence-corrected chi connectivity index (χ3v) is 3.13. The number of anilines is 1. The van der Waals surface area contributed by atoms with Crippen LogP contribution in [0.3, 0.4) is 0 Å². The van der Waals surface area contributed by atoms with Gasteiger partial charge in [-0.2, -0.15) is 14.6 Å². The zero-order valence-corrected chi connectivity index (χ0v) is 11.6. The molecular weight excluding hydrogens is 254 g/mol. The lowest BCUT2D eigenvalue weighted by atomic mass is 10.1. The maximum absolute atomic E-state index is 5.96. The lowest BCUT2D eigenvalue weighted by Crippen LogP contribution is -2.01. The average Bonchev–Trinajstić information content (AvgIpc) is 2.84. The van der Waals surface area contributed by atoms with Crippen molar-refractivity contribution in [3.63, 3.8) is 0 Å². The van der Waals surface area contributed by atoms with Crippen molar-refractivity contribution in [1.82, 2.24) is 19.6 Å². The smallest absolute Gasteiger partial charge is 0.255 e. The second-order valence-corrected chi connectivity index (χ2v) is 4.78. The van der Waals surface area contributed by atoms with Gasteiger partial charge in [0.05, 0.1) is 0 Å². The minimum absolute atomic E-state index is 0.518. The molecule has 0 saturated carbocycles. The minimum atomic E-state index is 0.518. The van der Waals surface area contributed by atoms with Crippen LogP contribution in [0.1, 0.15) is 16.8 Å². The van der Waals surface area contributed by atoms with Crippen LogP contribution in [0.2, 0.25) is 0 Å². The predicted molar refractivity (Wildman–Crippen MR) is 75.9 cm³/mol. The van der Waals surface area contributed by atoms with E-state index < -0.39 is 0 Å². The van der Waals surface area contributed by atoms with Crippen molar-refractivity contribution in [1.29, 1.82) is 0 Å². The summed E-state index contributed by atoms with van der Waals surface area (Å²) in [5, 5.41) is 4.12. The Balaban J connectivity index is 2.09. The van der Waals surface area contributed by atoms with Crippen molar-refractivity contribution in [2.45, 2.75) is 20.8 Å². The number of benzene rings is 1. The molecule has 6 heteroatoms. The molecule has 2 heterocycles. The van der Waals surface area contributed by atoms with Gasteiger partial charge in [0.25, 0.3) is 5.78 Å². The Bertz CT molecular complexity index is 794. The largest absolute Gasteiger partial charge is 0.439 e. The molecule has 0 aliphatic carbocycles. The van der Waals surface area contributed by atoms with E-state index in [1.807, 2.05) is 39.0 Å². The summed E-state index contributed by atoms with van der Waals surface area (Å²) in [6.45, 7) is 5.80. The van der Waals surface area contributed by atoms with Crippen molar-refractivity contribution in [3.8, 4) is 11.6 Å². The number of hydrogen-bond acceptors (Lipinski definition) is 5. The van der Waals surface area contributed by atoms with E-state index in [4.69, 9.17) is 10.5 Å². The number of aryl methyl sites for hydroxylation is 3. The average molecular weight is 269 g/mol. The van der Waals surface area contributed by atoms with Gasteiger partial charge in [-0.15, -0.1) is 0 Å². The van der Waals surface area contributed by atoms with Crippen molar-refractivity contribution in [2.75, 3.05) is 5.73 Å². The summed E-state index contributed by atoms with van der Waals surface area (Å²) in [5.74, 6) is 1.85. The van der Waals surface area contributed by atoms with E-state index >= 15 is 0 Å². The number of rotatable bonds is 2. The molecule has 2 N–H and O–H groups in total. The number of nitrogens with two attached hydrogens (primary N) is 1. The van der Waals surface area contributed by atoms with Crippen molar-refractivity contribution in [2.24, 2.45) is 0 Å². The van der Waals surface area contributed by atoms with E-state index in [2.05, 4.69) is 15.1 Å². The second-order valence-electron chi connectivity index (χ2n) is 4.78. The Hall–Kier alpha value is -2.63. The van der Waals surface area contributed by atoms with Gasteiger partial charge in [0, 0.05) is 17.4 Å². The van der Waals surface area contributed by atoms with Crippen LogP contribution in [0.4, 0.5) is 5.69 Å². The summed E-state index contributed by atoms with van der Waals surface area (Å²) in [4.78, 5) is 8.36. The minimum Gasteiger partial charge on any atom is -0.439 e. The molecule has 0 aliphatic heterocycles. The third kappa shape index (κ3) is 2.05. The van der Waals surface area contributed by atoms with Crippen LogP contribution in [0.5, 0.6) is 11.6 Å². The molecule has 102 valence electrons. The molecular formula is C14H15N5O. The SMILES string of the molecule is Cc1cc(Oc2cc(C)c(N)cc2C)n2ncnc2n1. The van der Waals surface area contributed by atoms with Crippen molar-refractivity contribution in [3.05, 3.63) is 41.3 Å². The maximum atomic E-state index is 5.96. The summed E-state index contributed by atoms with van der Waals surface area (Å²) in [6.07, 6.45) is 1.45. The molecule has 0 unspecified atom stereocenters. The van der Waals surface area contributed by atoms with Crippen LogP contribution in [0.25, 0.3) is 5.78 Å². The van der Waals surface area contributed by atoms with Crippen molar-refractivity contribution >= 4 is 11.5 Å². The normalized spacial score (nSPS) is 10.9. The maximum Gasteiger partial charge on any atom is 0.255 e. The molecule has 6 nitrogen and oxygen atoms in total. The van der Waals surface area contributed by atoms with Crippen LogP contribution >= 0.6 is 0 Å². The molecule has 3 aromatic rings. The third-order valence-electron chi connectivity index (χ3n) is 3.13. The lowest BCUT2D eigenvalue weighted by molar-refractivity contribution is 0.442. The Morgan fingerprint density at radius 2 is 1.90 bits per heavy atom. The van der Waals surface area contributed by atoms with E-state index in [1.54, 1.807) is 4.52 Å². The molecule has 2 aromatic heterocycles. The molecule has 0 saturated heterocycles. The molecule has 20 heavy (non-hydrogen) atoms. The van der Waals surface area contributed by atoms with Crippen LogP contribution in [-0.2, 0) is 0 Å². The van der Waals surface area contributed by atoms with Gasteiger partial charge >= 0.3 is 0 Å². The Morgan fingerprint density at radius 3 is 2.70 bits per heavy atom. The van der Waals surface area contributed by atoms with Crippen molar-refractivity contribution < 1.29 is 4.74 Å². The van der Waals surface area contributed by atoms with Gasteiger partial charge in [-0.1, -0.05) is 0 Å². The first-order valence-electron chi connectivity index (χ1n) is 6.26. The summed E-state index contributed by atoms with van der Waals surface area (Å²) in [5.41, 5.74) is 9.41. The zero-order chi connectivity index (χ0) is 14.3. The van der Waals surface area contributed by atoms with Crippen LogP contribution in [-0.4, -0.2) is 19.6 Å². The van der Waals surface area contributed by atoms with E-state index in [-0.39, 0.29) is 0 Å². The Morgan fingerprint density at radius 1 is 1.10 bits per heavy atom. The first-order valence-corrected chi connectivity index (χ1v) is 6.26. The van der Waals surface area contributed by atoms with E-state index in [1.165, 1.54) is 6.33 Å². The molecule has 0 radical (unpaired) electrons. The number of hydrogen-bond donors (Lipinski definition) is 1. The first-order chi connectivity index (χ1) is 9.54. The molecule has 0 fully saturated rings. The molecule has 0 atom stereocenters. The Kier molecular flexibility index (Phi) is 2.78. The summed E-state index contributed by atoms with van der Waals surface area (Å²) < 4.78 is 7.53. The topological polar surface area (TPSA) is 78.3 Å². The molecule has 0 aliphatic rings. The number of nitrogen functional groups attached to an aromatic ring is 1. The van der Waals surface area contributed by atoms with E-state index in [0.717, 1.165) is 28.3 Å². The summed E-state index contributed by atoms with van der Waals surface area (Å²) in [7, 11) is 0. The highest BCUT2D eigenvalue weighted by molar-refractivity contribution is 5.54. The van der Waals surface area contributed by atoms with Crippen LogP contribution in [0.15, 0.2) is 24.5 Å². The molecule has 0 spiro atoms. The number of aromatic nitrogens is 4. The highest BCUT2D eigenvalue weighted by Crippen LogP contribution is 2.29. The van der Waals surface area contributed by atoms with Gasteiger partial charge in [-0.3, -0.25) is 0 Å². The van der Waals surface area contributed by atoms with Gasteiger partial charge in [0.15, 0.2) is 0 Å². The van der Waals surface area contributed by atoms with Gasteiger partial charge < -0.3 is 10.5 Å². The lowest BCUT2D eigenvalue weighted by Gasteiger charge is -2.12. The number of nitrogens with zero attached hydrogens (tertiary/aromatic N) is 4. The van der Waals surface area contributed by atoms with Gasteiger partial charge in [0.2, 0.25) is 5.88 Å². The standard InChI is InChI=1S/C14H15N5O/c1-8-5-12(9(2)4-11(8)15)20-13-6-10(3)18-14-16-7-17-19(13)14/h4-7H,15H2,1-3H3. The number of fused-ring (bicyclic) bond motifs is 1. The zero-order valence-electron chi connectivity index (χ0n) is 11.6. The molecule has 0 bridgehead atoms. The number of ether oxygens (including phenoxy) is 1. The first kappa shape index (κ1) is 12.4. The molecule has 1 aromatic carbocycles. The quantitative estimate of drug-likeness (QED) is 0.723. The monoisotopic (exact) mass is 269 g/mol. The summed E-state index contributed by atoms with van der Waals surface area (Å²) in [6, 6.07) is 5.65. The highest BCUT2D eigenvalue weighted by atomic mass is 16.5. The van der Waals surface area contributed by atoms with Gasteiger partial charge in [-0.25, -0.2) is 4.98 Å². The Labute approximate surface area is 116 Å². The van der Waals surface area contributed by atoms with Crippen LogP contribution in [0, 0.1) is 20.8 Å². The summed E-state index contributed by atoms with van der Waals surface area (Å²) >= 11 is 0. The fourth-order valence-corrected chi connectivity index (χ4v) is 2.00. The highest BCUT2D eigenvalue weighted by Gasteiger charge is 2.10. The molecule has 0 amide bonds. The van der Waals surface area contributed by atoms with Gasteiger partial charge in [0.1, 0.15) is 12.1 Å². The van der Waals surface area contributed by atoms with Crippen LogP contribution < -0.4 is 10.5 Å². The second kappa shape index (κ2) is 4.48. The predicted octanol–water partition coefficient (Wildman–Crippen LogP) is 2.42. The fourth-order valence-electron chi connectivity index (χ4n) is 2.00. The van der Waals surface area contributed by atoms with E-state index in [9.17, 15) is 0 Å². The fraction of sp³-hybridized carbons (Fsp3) is 0.214. The van der Waals surface area contributed by atoms with Gasteiger partial charge in [-0.05, 0) is 44.0 Å².